The van der Waals surface area contributed by atoms with E-state index in [0.29, 0.717) is 16.3 Å². The summed E-state index contributed by atoms with van der Waals surface area (Å²) in [4.78, 5) is 12.5. The minimum atomic E-state index is -4.61. The van der Waals surface area contributed by atoms with E-state index in [4.69, 9.17) is 5.26 Å². The Morgan fingerprint density at radius 1 is 1.56 bits per heavy atom. The van der Waals surface area contributed by atoms with E-state index in [1.54, 1.807) is 11.4 Å². The molecular formula is C15H12BrF3N4OS. The molecule has 25 heavy (non-hydrogen) atoms. The minimum absolute atomic E-state index is 0.0374. The second-order valence-corrected chi connectivity index (χ2v) is 7.41. The van der Waals surface area contributed by atoms with Crippen LogP contribution in [0.15, 0.2) is 15.9 Å². The first-order valence-electron chi connectivity index (χ1n) is 7.37. The molecule has 1 amide bonds. The van der Waals surface area contributed by atoms with Gasteiger partial charge in [-0.2, -0.15) is 23.5 Å². The molecule has 0 spiro atoms. The van der Waals surface area contributed by atoms with Crippen LogP contribution in [0.1, 0.15) is 48.7 Å². The average molecular weight is 433 g/mol. The minimum Gasteiger partial charge on any atom is -0.315 e. The van der Waals surface area contributed by atoms with Crippen molar-refractivity contribution in [3.05, 3.63) is 32.9 Å². The molecule has 1 atom stereocenters. The summed E-state index contributed by atoms with van der Waals surface area (Å²) in [6.45, 7) is 1.49. The van der Waals surface area contributed by atoms with Crippen LogP contribution in [0.3, 0.4) is 0 Å². The Morgan fingerprint density at radius 2 is 2.24 bits per heavy atom. The zero-order valence-corrected chi connectivity index (χ0v) is 15.3. The van der Waals surface area contributed by atoms with Gasteiger partial charge in [-0.25, -0.2) is 0 Å². The number of hydrogen-bond acceptors (Lipinski definition) is 4. The van der Waals surface area contributed by atoms with Gasteiger partial charge in [0.2, 0.25) is 5.91 Å². The van der Waals surface area contributed by atoms with Crippen LogP contribution in [-0.2, 0) is 11.0 Å². The lowest BCUT2D eigenvalue weighted by Gasteiger charge is -2.15. The highest BCUT2D eigenvalue weighted by molar-refractivity contribution is 9.10. The molecule has 3 rings (SSSR count). The molecule has 5 nitrogen and oxygen atoms in total. The Labute approximate surface area is 153 Å². The second kappa shape index (κ2) is 6.46. The molecule has 0 aliphatic heterocycles. The third-order valence-corrected chi connectivity index (χ3v) is 5.50. The number of aromatic nitrogens is 2. The fourth-order valence-electron chi connectivity index (χ4n) is 2.45. The number of halogens is 4. The van der Waals surface area contributed by atoms with Crippen molar-refractivity contribution in [3.8, 4) is 6.07 Å². The number of hydrogen-bond donors (Lipinski definition) is 1. The SMILES string of the molecule is C[C@@H](C(=O)Nc1sccc1C#N)n1nc(C(F)(F)F)c(Br)c1C1CC1. The molecule has 0 saturated heterocycles. The number of rotatable bonds is 4. The Morgan fingerprint density at radius 3 is 2.80 bits per heavy atom. The van der Waals surface area contributed by atoms with Crippen molar-refractivity contribution in [1.82, 2.24) is 9.78 Å². The highest BCUT2D eigenvalue weighted by atomic mass is 79.9. The number of carbonyl (C=O) groups excluding carboxylic acids is 1. The molecular weight excluding hydrogens is 421 g/mol. The summed E-state index contributed by atoms with van der Waals surface area (Å²) in [6, 6.07) is 2.56. The highest BCUT2D eigenvalue weighted by Crippen LogP contribution is 2.47. The summed E-state index contributed by atoms with van der Waals surface area (Å²) in [7, 11) is 0. The van der Waals surface area contributed by atoms with Gasteiger partial charge in [-0.1, -0.05) is 0 Å². The molecule has 2 heterocycles. The van der Waals surface area contributed by atoms with Crippen molar-refractivity contribution >= 4 is 38.2 Å². The summed E-state index contributed by atoms with van der Waals surface area (Å²) in [5, 5.41) is 17.3. The van der Waals surface area contributed by atoms with Crippen molar-refractivity contribution in [1.29, 1.82) is 5.26 Å². The summed E-state index contributed by atoms with van der Waals surface area (Å²) >= 11 is 4.18. The fraction of sp³-hybridized carbons (Fsp3) is 0.400. The summed E-state index contributed by atoms with van der Waals surface area (Å²) in [6.07, 6.45) is -3.08. The van der Waals surface area contributed by atoms with E-state index in [2.05, 4.69) is 26.3 Å². The van der Waals surface area contributed by atoms with E-state index in [9.17, 15) is 18.0 Å². The maximum absolute atomic E-state index is 13.2. The van der Waals surface area contributed by atoms with Crippen LogP contribution in [0.2, 0.25) is 0 Å². The van der Waals surface area contributed by atoms with E-state index in [0.717, 1.165) is 17.5 Å². The number of anilines is 1. The largest absolute Gasteiger partial charge is 0.436 e. The second-order valence-electron chi connectivity index (χ2n) is 5.70. The number of nitriles is 1. The van der Waals surface area contributed by atoms with Gasteiger partial charge in [-0.3, -0.25) is 9.48 Å². The summed E-state index contributed by atoms with van der Waals surface area (Å²) in [5.41, 5.74) is -0.324. The molecule has 1 aliphatic carbocycles. The smallest absolute Gasteiger partial charge is 0.315 e. The van der Waals surface area contributed by atoms with Crippen LogP contribution >= 0.6 is 27.3 Å². The van der Waals surface area contributed by atoms with Gasteiger partial charge in [0.25, 0.3) is 0 Å². The van der Waals surface area contributed by atoms with Gasteiger partial charge in [-0.15, -0.1) is 11.3 Å². The van der Waals surface area contributed by atoms with E-state index in [-0.39, 0.29) is 10.4 Å². The number of nitrogens with zero attached hydrogens (tertiary/aromatic N) is 3. The third kappa shape index (κ3) is 3.43. The molecule has 1 N–H and O–H groups in total. The zero-order chi connectivity index (χ0) is 18.4. The van der Waals surface area contributed by atoms with E-state index in [1.807, 2.05) is 6.07 Å². The van der Waals surface area contributed by atoms with Crippen LogP contribution < -0.4 is 5.32 Å². The van der Waals surface area contributed by atoms with E-state index in [1.165, 1.54) is 18.3 Å². The first kappa shape index (κ1) is 17.9. The van der Waals surface area contributed by atoms with Gasteiger partial charge in [0.15, 0.2) is 5.69 Å². The van der Waals surface area contributed by atoms with Crippen molar-refractivity contribution in [3.63, 3.8) is 0 Å². The molecule has 10 heteroatoms. The van der Waals surface area contributed by atoms with Gasteiger partial charge in [0.05, 0.1) is 15.7 Å². The average Bonchev–Trinajstić information content (AvgIpc) is 3.16. The van der Waals surface area contributed by atoms with Crippen molar-refractivity contribution in [2.75, 3.05) is 5.32 Å². The molecule has 0 radical (unpaired) electrons. The van der Waals surface area contributed by atoms with E-state index < -0.39 is 23.8 Å². The normalized spacial score (nSPS) is 15.7. The number of carbonyl (C=O) groups is 1. The van der Waals surface area contributed by atoms with E-state index >= 15 is 0 Å². The van der Waals surface area contributed by atoms with Gasteiger partial charge in [0.1, 0.15) is 17.1 Å². The molecule has 0 aromatic carbocycles. The lowest BCUT2D eigenvalue weighted by molar-refractivity contribution is -0.142. The molecule has 0 unspecified atom stereocenters. The predicted molar refractivity (Wildman–Crippen MR) is 89.3 cm³/mol. The van der Waals surface area contributed by atoms with Gasteiger partial charge >= 0.3 is 6.18 Å². The monoisotopic (exact) mass is 432 g/mol. The molecule has 0 bridgehead atoms. The molecule has 2 aromatic heterocycles. The number of nitrogens with one attached hydrogen (secondary N) is 1. The lowest BCUT2D eigenvalue weighted by Crippen LogP contribution is -2.26. The van der Waals surface area contributed by atoms with Gasteiger partial charge in [-0.05, 0) is 47.1 Å². The van der Waals surface area contributed by atoms with Crippen molar-refractivity contribution in [2.45, 2.75) is 37.9 Å². The summed E-state index contributed by atoms with van der Waals surface area (Å²) in [5.74, 6) is -0.561. The third-order valence-electron chi connectivity index (χ3n) is 3.89. The molecule has 1 aliphatic rings. The maximum Gasteiger partial charge on any atom is 0.436 e. The number of amides is 1. The molecule has 132 valence electrons. The summed E-state index contributed by atoms with van der Waals surface area (Å²) < 4.78 is 40.5. The van der Waals surface area contributed by atoms with Gasteiger partial charge < -0.3 is 5.32 Å². The highest BCUT2D eigenvalue weighted by Gasteiger charge is 2.43. The van der Waals surface area contributed by atoms with Crippen LogP contribution in [0.5, 0.6) is 0 Å². The van der Waals surface area contributed by atoms with Crippen LogP contribution in [0.4, 0.5) is 18.2 Å². The predicted octanol–water partition coefficient (Wildman–Crippen LogP) is 4.67. The maximum atomic E-state index is 13.2. The van der Waals surface area contributed by atoms with Crippen molar-refractivity contribution in [2.24, 2.45) is 0 Å². The zero-order valence-electron chi connectivity index (χ0n) is 12.9. The standard InChI is InChI=1S/C15H12BrF3N4OS/c1-7(13(24)21-14-9(6-20)4-5-25-14)23-11(8-2-3-8)10(16)12(22-23)15(17,18)19/h4-5,7-8H,2-3H2,1H3,(H,21,24)/t7-/m0/s1. The molecule has 2 aromatic rings. The first-order chi connectivity index (χ1) is 11.7. The van der Waals surface area contributed by atoms with Crippen LogP contribution in [-0.4, -0.2) is 15.7 Å². The Kier molecular flexibility index (Phi) is 4.64. The fourth-order valence-corrected chi connectivity index (χ4v) is 4.00. The van der Waals surface area contributed by atoms with Crippen molar-refractivity contribution < 1.29 is 18.0 Å². The number of alkyl halides is 3. The van der Waals surface area contributed by atoms with Crippen LogP contribution in [0, 0.1) is 11.3 Å². The van der Waals surface area contributed by atoms with Crippen LogP contribution in [0.25, 0.3) is 0 Å². The lowest BCUT2D eigenvalue weighted by atomic mass is 10.2. The Balaban J connectivity index is 1.92. The van der Waals surface area contributed by atoms with Gasteiger partial charge in [0, 0.05) is 5.92 Å². The quantitative estimate of drug-likeness (QED) is 0.762. The Hall–Kier alpha value is -1.86. The Bertz CT molecular complexity index is 863. The molecule has 1 saturated carbocycles. The topological polar surface area (TPSA) is 70.7 Å². The molecule has 1 fully saturated rings. The number of thiophene rings is 1. The first-order valence-corrected chi connectivity index (χ1v) is 9.04.